The Balaban J connectivity index is 1.88. The third-order valence-corrected chi connectivity index (χ3v) is 3.34. The van der Waals surface area contributed by atoms with Crippen LogP contribution in [0.2, 0.25) is 0 Å². The first-order valence-electron chi connectivity index (χ1n) is 5.14. The lowest BCUT2D eigenvalue weighted by Gasteiger charge is -1.95. The summed E-state index contributed by atoms with van der Waals surface area (Å²) in [6, 6.07) is 3.14. The van der Waals surface area contributed by atoms with Gasteiger partial charge in [0.05, 0.1) is 9.75 Å². The van der Waals surface area contributed by atoms with Gasteiger partial charge in [-0.05, 0) is 12.1 Å². The largest absolute Gasteiger partial charge is 0.289 e. The van der Waals surface area contributed by atoms with E-state index in [1.807, 2.05) is 0 Å². The molecule has 0 aliphatic heterocycles. The molecule has 0 saturated heterocycles. The molecule has 3 rings (SSSR count). The van der Waals surface area contributed by atoms with Gasteiger partial charge in [0.2, 0.25) is 0 Å². The zero-order valence-corrected chi connectivity index (χ0v) is 10.2. The van der Waals surface area contributed by atoms with Crippen molar-refractivity contribution in [1.82, 2.24) is 29.5 Å². The maximum Gasteiger partial charge on any atom is 0.289 e. The number of hydrogen-bond acceptors (Lipinski definition) is 7. The fraction of sp³-hybridized carbons (Fsp3) is 0. The molecule has 94 valence electrons. The second-order valence-electron chi connectivity index (χ2n) is 3.45. The number of aromatic nitrogens is 6. The van der Waals surface area contributed by atoms with Gasteiger partial charge >= 0.3 is 0 Å². The Morgan fingerprint density at radius 3 is 1.74 bits per heavy atom. The van der Waals surface area contributed by atoms with Gasteiger partial charge in [0.1, 0.15) is 25.3 Å². The van der Waals surface area contributed by atoms with Gasteiger partial charge in [0, 0.05) is 0 Å². The van der Waals surface area contributed by atoms with Gasteiger partial charge in [-0.15, -0.1) is 11.3 Å². The Hall–Kier alpha value is -2.68. The maximum absolute atomic E-state index is 12.0. The summed E-state index contributed by atoms with van der Waals surface area (Å²) in [5.74, 6) is -0.666. The highest BCUT2D eigenvalue weighted by atomic mass is 32.1. The van der Waals surface area contributed by atoms with Crippen LogP contribution >= 0.6 is 11.3 Å². The van der Waals surface area contributed by atoms with Crippen molar-refractivity contribution in [2.75, 3.05) is 0 Å². The van der Waals surface area contributed by atoms with Gasteiger partial charge in [-0.2, -0.15) is 19.6 Å². The third-order valence-electron chi connectivity index (χ3n) is 2.28. The molecule has 3 heterocycles. The number of hydrogen-bond donors (Lipinski definition) is 0. The van der Waals surface area contributed by atoms with Crippen molar-refractivity contribution in [1.29, 1.82) is 0 Å². The van der Waals surface area contributed by atoms with E-state index in [-0.39, 0.29) is 11.8 Å². The molecule has 9 heteroatoms. The molecular weight excluding hydrogens is 268 g/mol. The fourth-order valence-electron chi connectivity index (χ4n) is 1.42. The van der Waals surface area contributed by atoms with Crippen LogP contribution in [-0.4, -0.2) is 41.3 Å². The Morgan fingerprint density at radius 2 is 1.37 bits per heavy atom. The number of rotatable bonds is 2. The predicted molar refractivity (Wildman–Crippen MR) is 63.8 cm³/mol. The van der Waals surface area contributed by atoms with E-state index in [1.165, 1.54) is 25.3 Å². The molecule has 0 fully saturated rings. The summed E-state index contributed by atoms with van der Waals surface area (Å²) < 4.78 is 2.21. The molecule has 0 atom stereocenters. The van der Waals surface area contributed by atoms with Crippen LogP contribution in [0.15, 0.2) is 37.4 Å². The van der Waals surface area contributed by atoms with Crippen LogP contribution in [0.4, 0.5) is 0 Å². The van der Waals surface area contributed by atoms with Crippen LogP contribution < -0.4 is 0 Å². The summed E-state index contributed by atoms with van der Waals surface area (Å²) >= 11 is 1.07. The van der Waals surface area contributed by atoms with Crippen molar-refractivity contribution in [3.63, 3.8) is 0 Å². The van der Waals surface area contributed by atoms with Crippen molar-refractivity contribution in [2.45, 2.75) is 0 Å². The van der Waals surface area contributed by atoms with E-state index in [0.29, 0.717) is 9.75 Å². The summed E-state index contributed by atoms with van der Waals surface area (Å²) in [4.78, 5) is 32.1. The first kappa shape index (κ1) is 11.4. The SMILES string of the molecule is O=C(c1ccc(C(=O)n2cncn2)s1)n1cncn1. The van der Waals surface area contributed by atoms with Gasteiger partial charge < -0.3 is 0 Å². The number of carbonyl (C=O) groups excluding carboxylic acids is 2. The van der Waals surface area contributed by atoms with Crippen LogP contribution in [0, 0.1) is 0 Å². The average molecular weight is 274 g/mol. The lowest BCUT2D eigenvalue weighted by Crippen LogP contribution is -2.11. The van der Waals surface area contributed by atoms with Crippen LogP contribution in [0.3, 0.4) is 0 Å². The molecule has 0 aromatic carbocycles. The molecule has 0 unspecified atom stereocenters. The molecule has 0 bridgehead atoms. The first-order valence-corrected chi connectivity index (χ1v) is 5.96. The summed E-state index contributed by atoms with van der Waals surface area (Å²) in [5, 5.41) is 7.49. The minimum Gasteiger partial charge on any atom is -0.266 e. The van der Waals surface area contributed by atoms with E-state index in [0.717, 1.165) is 20.7 Å². The number of nitrogens with zero attached hydrogens (tertiary/aromatic N) is 6. The first-order chi connectivity index (χ1) is 9.25. The maximum atomic E-state index is 12.0. The second-order valence-corrected chi connectivity index (χ2v) is 4.54. The summed E-state index contributed by atoms with van der Waals surface area (Å²) in [7, 11) is 0. The smallest absolute Gasteiger partial charge is 0.266 e. The Bertz CT molecular complexity index is 654. The summed E-state index contributed by atoms with van der Waals surface area (Å²) in [6.45, 7) is 0. The lowest BCUT2D eigenvalue weighted by atomic mass is 10.4. The Morgan fingerprint density at radius 1 is 0.895 bits per heavy atom. The highest BCUT2D eigenvalue weighted by Gasteiger charge is 2.17. The van der Waals surface area contributed by atoms with E-state index >= 15 is 0 Å². The predicted octanol–water partition coefficient (Wildman–Crippen LogP) is 0.308. The standard InChI is InChI=1S/C10H6N6O2S/c17-9(15-5-11-3-13-15)7-1-2-8(19-7)10(18)16-6-12-4-14-16/h1-6H. The average Bonchev–Trinajstić information content (AvgIpc) is 3.16. The Kier molecular flexibility index (Phi) is 2.72. The molecule has 0 amide bonds. The molecule has 19 heavy (non-hydrogen) atoms. The zero-order chi connectivity index (χ0) is 13.2. The highest BCUT2D eigenvalue weighted by Crippen LogP contribution is 2.18. The van der Waals surface area contributed by atoms with Crippen LogP contribution in [0.1, 0.15) is 19.3 Å². The van der Waals surface area contributed by atoms with Crippen molar-refractivity contribution in [3.8, 4) is 0 Å². The summed E-state index contributed by atoms with van der Waals surface area (Å²) in [6.07, 6.45) is 5.15. The van der Waals surface area contributed by atoms with Gasteiger partial charge in [-0.25, -0.2) is 9.97 Å². The fourth-order valence-corrected chi connectivity index (χ4v) is 2.29. The quantitative estimate of drug-likeness (QED) is 0.667. The van der Waals surface area contributed by atoms with Crippen LogP contribution in [-0.2, 0) is 0 Å². The monoisotopic (exact) mass is 274 g/mol. The van der Waals surface area contributed by atoms with Crippen LogP contribution in [0.25, 0.3) is 0 Å². The molecule has 0 saturated carbocycles. The molecule has 0 aliphatic rings. The van der Waals surface area contributed by atoms with E-state index in [1.54, 1.807) is 12.1 Å². The van der Waals surface area contributed by atoms with Crippen molar-refractivity contribution >= 4 is 23.2 Å². The van der Waals surface area contributed by atoms with E-state index in [2.05, 4.69) is 20.2 Å². The molecule has 0 radical (unpaired) electrons. The number of thiophene rings is 1. The number of carbonyl (C=O) groups is 2. The highest BCUT2D eigenvalue weighted by molar-refractivity contribution is 7.16. The molecule has 8 nitrogen and oxygen atoms in total. The molecular formula is C10H6N6O2S. The minimum atomic E-state index is -0.333. The van der Waals surface area contributed by atoms with Crippen molar-refractivity contribution < 1.29 is 9.59 Å². The lowest BCUT2D eigenvalue weighted by molar-refractivity contribution is 0.0942. The van der Waals surface area contributed by atoms with Gasteiger partial charge in [0.25, 0.3) is 11.8 Å². The topological polar surface area (TPSA) is 95.6 Å². The molecule has 0 aliphatic carbocycles. The van der Waals surface area contributed by atoms with Gasteiger partial charge in [0.15, 0.2) is 0 Å². The van der Waals surface area contributed by atoms with Crippen LogP contribution in [0.5, 0.6) is 0 Å². The molecule has 0 spiro atoms. The molecule has 3 aromatic heterocycles. The second kappa shape index (κ2) is 4.53. The summed E-state index contributed by atoms with van der Waals surface area (Å²) in [5.41, 5.74) is 0. The van der Waals surface area contributed by atoms with E-state index < -0.39 is 0 Å². The van der Waals surface area contributed by atoms with E-state index in [4.69, 9.17) is 0 Å². The van der Waals surface area contributed by atoms with Gasteiger partial charge in [-0.3, -0.25) is 9.59 Å². The van der Waals surface area contributed by atoms with Crippen molar-refractivity contribution in [2.24, 2.45) is 0 Å². The Labute approximate surface area is 110 Å². The molecule has 0 N–H and O–H groups in total. The van der Waals surface area contributed by atoms with E-state index in [9.17, 15) is 9.59 Å². The normalized spacial score (nSPS) is 10.5. The van der Waals surface area contributed by atoms with Crippen molar-refractivity contribution in [3.05, 3.63) is 47.2 Å². The third kappa shape index (κ3) is 2.06. The zero-order valence-electron chi connectivity index (χ0n) is 9.37. The van der Waals surface area contributed by atoms with Gasteiger partial charge in [-0.1, -0.05) is 0 Å². The minimum absolute atomic E-state index is 0.333. The molecule has 3 aromatic rings.